The van der Waals surface area contributed by atoms with Gasteiger partial charge in [-0.25, -0.2) is 9.98 Å². The summed E-state index contributed by atoms with van der Waals surface area (Å²) in [6.07, 6.45) is 1.67. The number of rotatable bonds is 7. The van der Waals surface area contributed by atoms with Crippen molar-refractivity contribution in [2.75, 3.05) is 13.1 Å². The molecule has 0 fully saturated rings. The zero-order valence-electron chi connectivity index (χ0n) is 15.1. The van der Waals surface area contributed by atoms with Crippen LogP contribution in [-0.2, 0) is 6.54 Å². The molecule has 2 N–H and O–H groups in total. The summed E-state index contributed by atoms with van der Waals surface area (Å²) in [4.78, 5) is 9.14. The van der Waals surface area contributed by atoms with Gasteiger partial charge >= 0.3 is 0 Å². The van der Waals surface area contributed by atoms with E-state index in [1.54, 1.807) is 17.6 Å². The van der Waals surface area contributed by atoms with Crippen LogP contribution in [0.4, 0.5) is 0 Å². The summed E-state index contributed by atoms with van der Waals surface area (Å²) in [5, 5.41) is 11.0. The van der Waals surface area contributed by atoms with E-state index in [4.69, 9.17) is 4.42 Å². The van der Waals surface area contributed by atoms with Crippen LogP contribution in [0, 0.1) is 0 Å². The number of aromatic nitrogens is 1. The van der Waals surface area contributed by atoms with E-state index in [2.05, 4.69) is 51.3 Å². The Kier molecular flexibility index (Phi) is 6.44. The van der Waals surface area contributed by atoms with Crippen molar-refractivity contribution in [2.24, 2.45) is 4.99 Å². The topological polar surface area (TPSA) is 62.5 Å². The summed E-state index contributed by atoms with van der Waals surface area (Å²) in [6.45, 7) is 6.38. The number of nitrogens with zero attached hydrogens (tertiary/aromatic N) is 2. The molecule has 0 bridgehead atoms. The standard InChI is InChI=1S/C20H24N4OS/c1-3-21-20(22-11-15(2)17-9-10-26-14-17)23-12-18-13-25-19(24-18)16-7-5-4-6-8-16/h4-10,13-15H,3,11-12H2,1-2H3,(H2,21,22,23). The summed E-state index contributed by atoms with van der Waals surface area (Å²) in [7, 11) is 0. The molecule has 1 aromatic carbocycles. The zero-order chi connectivity index (χ0) is 18.2. The van der Waals surface area contributed by atoms with Crippen LogP contribution in [0.2, 0.25) is 0 Å². The highest BCUT2D eigenvalue weighted by Gasteiger charge is 2.08. The molecule has 136 valence electrons. The number of benzene rings is 1. The predicted octanol–water partition coefficient (Wildman–Crippen LogP) is 4.26. The fourth-order valence-corrected chi connectivity index (χ4v) is 3.30. The summed E-state index contributed by atoms with van der Waals surface area (Å²) in [6, 6.07) is 12.1. The molecule has 0 saturated carbocycles. The number of oxazole rings is 1. The Morgan fingerprint density at radius 2 is 2.08 bits per heavy atom. The van der Waals surface area contributed by atoms with E-state index in [0.29, 0.717) is 18.4 Å². The van der Waals surface area contributed by atoms with Gasteiger partial charge in [-0.15, -0.1) is 0 Å². The quantitative estimate of drug-likeness (QED) is 0.483. The van der Waals surface area contributed by atoms with Gasteiger partial charge in [0.15, 0.2) is 5.96 Å². The summed E-state index contributed by atoms with van der Waals surface area (Å²) in [5.74, 6) is 1.85. The highest BCUT2D eigenvalue weighted by Crippen LogP contribution is 2.18. The number of nitrogens with one attached hydrogen (secondary N) is 2. The first-order valence-corrected chi connectivity index (χ1v) is 9.74. The van der Waals surface area contributed by atoms with Crippen LogP contribution < -0.4 is 10.6 Å². The van der Waals surface area contributed by atoms with E-state index in [-0.39, 0.29) is 0 Å². The minimum Gasteiger partial charge on any atom is -0.444 e. The first-order valence-electron chi connectivity index (χ1n) is 8.80. The molecule has 0 spiro atoms. The summed E-state index contributed by atoms with van der Waals surface area (Å²) >= 11 is 1.73. The monoisotopic (exact) mass is 368 g/mol. The van der Waals surface area contributed by atoms with E-state index >= 15 is 0 Å². The molecule has 1 atom stereocenters. The van der Waals surface area contributed by atoms with E-state index < -0.39 is 0 Å². The fourth-order valence-electron chi connectivity index (χ4n) is 2.52. The summed E-state index contributed by atoms with van der Waals surface area (Å²) in [5.41, 5.74) is 3.13. The zero-order valence-corrected chi connectivity index (χ0v) is 15.9. The average molecular weight is 369 g/mol. The number of thiophene rings is 1. The highest BCUT2D eigenvalue weighted by atomic mass is 32.1. The van der Waals surface area contributed by atoms with Gasteiger partial charge in [0.05, 0.1) is 6.54 Å². The van der Waals surface area contributed by atoms with E-state index in [0.717, 1.165) is 30.3 Å². The van der Waals surface area contributed by atoms with Gasteiger partial charge in [0.2, 0.25) is 5.89 Å². The van der Waals surface area contributed by atoms with Gasteiger partial charge in [-0.05, 0) is 47.4 Å². The van der Waals surface area contributed by atoms with Gasteiger partial charge in [0, 0.05) is 18.7 Å². The van der Waals surface area contributed by atoms with Gasteiger partial charge < -0.3 is 15.1 Å². The first kappa shape index (κ1) is 18.2. The lowest BCUT2D eigenvalue weighted by atomic mass is 10.1. The van der Waals surface area contributed by atoms with Crippen molar-refractivity contribution in [1.82, 2.24) is 15.6 Å². The maximum absolute atomic E-state index is 5.57. The highest BCUT2D eigenvalue weighted by molar-refractivity contribution is 7.07. The van der Waals surface area contributed by atoms with Gasteiger partial charge in [0.25, 0.3) is 0 Å². The van der Waals surface area contributed by atoms with E-state index in [1.165, 1.54) is 5.56 Å². The van der Waals surface area contributed by atoms with Crippen molar-refractivity contribution in [3.05, 3.63) is 64.7 Å². The molecule has 6 heteroatoms. The Balaban J connectivity index is 1.59. The minimum atomic E-state index is 0.432. The van der Waals surface area contributed by atoms with Crippen LogP contribution in [0.25, 0.3) is 11.5 Å². The van der Waals surface area contributed by atoms with E-state index in [9.17, 15) is 0 Å². The maximum Gasteiger partial charge on any atom is 0.226 e. The lowest BCUT2D eigenvalue weighted by Gasteiger charge is -2.15. The molecule has 5 nitrogen and oxygen atoms in total. The van der Waals surface area contributed by atoms with Crippen LogP contribution in [0.15, 0.2) is 62.8 Å². The van der Waals surface area contributed by atoms with Crippen molar-refractivity contribution in [3.8, 4) is 11.5 Å². The van der Waals surface area contributed by atoms with Gasteiger partial charge in [-0.1, -0.05) is 25.1 Å². The molecule has 0 aliphatic heterocycles. The van der Waals surface area contributed by atoms with Crippen LogP contribution in [-0.4, -0.2) is 24.0 Å². The van der Waals surface area contributed by atoms with Crippen LogP contribution in [0.5, 0.6) is 0 Å². The third-order valence-electron chi connectivity index (χ3n) is 4.00. The molecule has 2 aromatic heterocycles. The summed E-state index contributed by atoms with van der Waals surface area (Å²) < 4.78 is 5.57. The predicted molar refractivity (Wildman–Crippen MR) is 107 cm³/mol. The first-order chi connectivity index (χ1) is 12.8. The molecular formula is C20H24N4OS. The van der Waals surface area contributed by atoms with Crippen molar-refractivity contribution in [1.29, 1.82) is 0 Å². The molecule has 3 aromatic rings. The molecule has 3 rings (SSSR count). The van der Waals surface area contributed by atoms with Gasteiger partial charge in [-0.3, -0.25) is 0 Å². The fraction of sp³-hybridized carbons (Fsp3) is 0.300. The lowest BCUT2D eigenvalue weighted by Crippen LogP contribution is -2.39. The second-order valence-electron chi connectivity index (χ2n) is 6.04. The average Bonchev–Trinajstić information content (AvgIpc) is 3.36. The van der Waals surface area contributed by atoms with Crippen molar-refractivity contribution in [3.63, 3.8) is 0 Å². The second-order valence-corrected chi connectivity index (χ2v) is 6.82. The minimum absolute atomic E-state index is 0.432. The molecule has 2 heterocycles. The van der Waals surface area contributed by atoms with Crippen molar-refractivity contribution < 1.29 is 4.42 Å². The lowest BCUT2D eigenvalue weighted by molar-refractivity contribution is 0.572. The number of guanidine groups is 1. The Morgan fingerprint density at radius 1 is 1.23 bits per heavy atom. The van der Waals surface area contributed by atoms with Crippen LogP contribution in [0.1, 0.15) is 31.0 Å². The second kappa shape index (κ2) is 9.20. The normalized spacial score (nSPS) is 12.8. The molecule has 0 aliphatic carbocycles. The Labute approximate surface area is 158 Å². The third kappa shape index (κ3) is 4.95. The molecular weight excluding hydrogens is 344 g/mol. The SMILES string of the molecule is CCNC(=NCc1coc(-c2ccccc2)n1)NCC(C)c1ccsc1. The maximum atomic E-state index is 5.57. The number of hydrogen-bond donors (Lipinski definition) is 2. The molecule has 0 saturated heterocycles. The molecule has 0 radical (unpaired) electrons. The van der Waals surface area contributed by atoms with Crippen molar-refractivity contribution in [2.45, 2.75) is 26.3 Å². The molecule has 26 heavy (non-hydrogen) atoms. The molecule has 1 unspecified atom stereocenters. The van der Waals surface area contributed by atoms with Gasteiger partial charge in [0.1, 0.15) is 12.0 Å². The van der Waals surface area contributed by atoms with Gasteiger partial charge in [-0.2, -0.15) is 11.3 Å². The van der Waals surface area contributed by atoms with E-state index in [1.807, 2.05) is 30.3 Å². The third-order valence-corrected chi connectivity index (χ3v) is 4.71. The smallest absolute Gasteiger partial charge is 0.226 e. The number of hydrogen-bond acceptors (Lipinski definition) is 4. The van der Waals surface area contributed by atoms with Crippen LogP contribution in [0.3, 0.4) is 0 Å². The Morgan fingerprint density at radius 3 is 2.81 bits per heavy atom. The Hall–Kier alpha value is -2.60. The largest absolute Gasteiger partial charge is 0.444 e. The Bertz CT molecular complexity index is 811. The van der Waals surface area contributed by atoms with Crippen LogP contribution >= 0.6 is 11.3 Å². The number of aliphatic imine (C=N–C) groups is 1. The van der Waals surface area contributed by atoms with Crippen molar-refractivity contribution >= 4 is 17.3 Å². The molecule has 0 amide bonds. The molecule has 0 aliphatic rings.